The Balaban J connectivity index is 1.70. The minimum absolute atomic E-state index is 0.780. The molecule has 0 saturated heterocycles. The van der Waals surface area contributed by atoms with Gasteiger partial charge in [0.25, 0.3) is 0 Å². The molecule has 0 bridgehead atoms. The molecular weight excluding hydrogens is 248 g/mol. The van der Waals surface area contributed by atoms with Gasteiger partial charge >= 0.3 is 0 Å². The van der Waals surface area contributed by atoms with E-state index in [1.165, 1.54) is 5.56 Å². The van der Waals surface area contributed by atoms with Gasteiger partial charge in [0, 0.05) is 18.0 Å². The van der Waals surface area contributed by atoms with Crippen molar-refractivity contribution >= 4 is 12.2 Å². The molecule has 0 unspecified atom stereocenters. The molecule has 0 N–H and O–H groups in total. The van der Waals surface area contributed by atoms with Gasteiger partial charge in [0.15, 0.2) is 0 Å². The summed E-state index contributed by atoms with van der Waals surface area (Å²) in [4.78, 5) is 8.03. The van der Waals surface area contributed by atoms with E-state index >= 15 is 0 Å². The Morgan fingerprint density at radius 3 is 2.75 bits per heavy atom. The zero-order valence-corrected chi connectivity index (χ0v) is 10.9. The first-order valence-corrected chi connectivity index (χ1v) is 6.41. The minimum atomic E-state index is 0.780. The maximum Gasteiger partial charge on any atom is 0.115 e. The number of benzene rings is 1. The van der Waals surface area contributed by atoms with Crippen molar-refractivity contribution in [1.82, 2.24) is 19.7 Å². The van der Waals surface area contributed by atoms with E-state index in [4.69, 9.17) is 0 Å². The van der Waals surface area contributed by atoms with Crippen molar-refractivity contribution in [3.63, 3.8) is 0 Å². The lowest BCUT2D eigenvalue weighted by Crippen LogP contribution is -1.99. The Morgan fingerprint density at radius 1 is 1.05 bits per heavy atom. The second-order valence-corrected chi connectivity index (χ2v) is 4.42. The Bertz CT molecular complexity index is 687. The van der Waals surface area contributed by atoms with E-state index in [2.05, 4.69) is 27.2 Å². The number of hydrogen-bond donors (Lipinski definition) is 0. The van der Waals surface area contributed by atoms with E-state index in [-0.39, 0.29) is 0 Å². The van der Waals surface area contributed by atoms with E-state index in [0.717, 1.165) is 17.8 Å². The summed E-state index contributed by atoms with van der Waals surface area (Å²) < 4.78 is 1.93. The predicted molar refractivity (Wildman–Crippen MR) is 78.7 cm³/mol. The summed E-state index contributed by atoms with van der Waals surface area (Å²) in [6.07, 6.45) is 11.1. The van der Waals surface area contributed by atoms with Gasteiger partial charge in [-0.05, 0) is 23.8 Å². The van der Waals surface area contributed by atoms with Crippen LogP contribution < -0.4 is 0 Å². The van der Waals surface area contributed by atoms with Gasteiger partial charge in [0.05, 0.1) is 18.4 Å². The minimum Gasteiger partial charge on any atom is -0.268 e. The summed E-state index contributed by atoms with van der Waals surface area (Å²) in [6.45, 7) is 0.780. The summed E-state index contributed by atoms with van der Waals surface area (Å²) >= 11 is 0. The number of aromatic nitrogens is 4. The molecule has 0 aliphatic heterocycles. The van der Waals surface area contributed by atoms with Gasteiger partial charge in [-0.25, -0.2) is 9.97 Å². The third-order valence-corrected chi connectivity index (χ3v) is 2.89. The van der Waals surface area contributed by atoms with Crippen LogP contribution in [0.25, 0.3) is 12.2 Å². The zero-order chi connectivity index (χ0) is 13.6. The summed E-state index contributed by atoms with van der Waals surface area (Å²) in [6, 6.07) is 12.1. The number of hydrogen-bond acceptors (Lipinski definition) is 3. The van der Waals surface area contributed by atoms with Crippen LogP contribution in [0.15, 0.2) is 61.3 Å². The molecule has 4 heteroatoms. The van der Waals surface area contributed by atoms with E-state index in [9.17, 15) is 0 Å². The third-order valence-electron chi connectivity index (χ3n) is 2.89. The number of rotatable bonds is 4. The highest BCUT2D eigenvalue weighted by Crippen LogP contribution is 2.07. The Morgan fingerprint density at radius 2 is 1.95 bits per heavy atom. The van der Waals surface area contributed by atoms with Crippen molar-refractivity contribution in [3.8, 4) is 0 Å². The molecule has 0 amide bonds. The second kappa shape index (κ2) is 5.93. The maximum atomic E-state index is 4.36. The second-order valence-electron chi connectivity index (χ2n) is 4.42. The fourth-order valence-electron chi connectivity index (χ4n) is 1.90. The normalized spacial score (nSPS) is 11.0. The van der Waals surface area contributed by atoms with Gasteiger partial charge in [0.1, 0.15) is 6.33 Å². The van der Waals surface area contributed by atoms with Crippen molar-refractivity contribution < 1.29 is 0 Å². The smallest absolute Gasteiger partial charge is 0.115 e. The maximum absolute atomic E-state index is 4.36. The standard InChI is InChI=1S/C16H14N4/c1-2-4-14(5-3-1)11-20-12-15(10-19-20)6-7-16-8-9-17-13-18-16/h1-10,12-13H,11H2. The molecule has 3 rings (SSSR count). The summed E-state index contributed by atoms with van der Waals surface area (Å²) in [5.74, 6) is 0. The molecule has 0 saturated carbocycles. The number of nitrogens with zero attached hydrogens (tertiary/aromatic N) is 4. The molecule has 2 heterocycles. The lowest BCUT2D eigenvalue weighted by molar-refractivity contribution is 0.687. The summed E-state index contributed by atoms with van der Waals surface area (Å²) in [5.41, 5.74) is 3.18. The van der Waals surface area contributed by atoms with Crippen LogP contribution in [0.1, 0.15) is 16.8 Å². The van der Waals surface area contributed by atoms with Crippen LogP contribution in [0.2, 0.25) is 0 Å². The van der Waals surface area contributed by atoms with E-state index in [0.29, 0.717) is 0 Å². The molecule has 3 aromatic rings. The summed E-state index contributed by atoms with van der Waals surface area (Å²) in [7, 11) is 0. The molecule has 0 radical (unpaired) electrons. The Kier molecular flexibility index (Phi) is 3.64. The van der Waals surface area contributed by atoms with Crippen molar-refractivity contribution in [2.45, 2.75) is 6.54 Å². The van der Waals surface area contributed by atoms with Crippen LogP contribution in [0.4, 0.5) is 0 Å². The molecule has 2 aromatic heterocycles. The predicted octanol–water partition coefficient (Wildman–Crippen LogP) is 2.89. The molecule has 0 spiro atoms. The van der Waals surface area contributed by atoms with Crippen molar-refractivity contribution in [1.29, 1.82) is 0 Å². The van der Waals surface area contributed by atoms with Gasteiger partial charge in [-0.15, -0.1) is 0 Å². The van der Waals surface area contributed by atoms with Crippen LogP contribution in [0.3, 0.4) is 0 Å². The van der Waals surface area contributed by atoms with Crippen LogP contribution in [0.5, 0.6) is 0 Å². The molecule has 20 heavy (non-hydrogen) atoms. The first-order valence-electron chi connectivity index (χ1n) is 6.41. The van der Waals surface area contributed by atoms with Crippen LogP contribution in [-0.4, -0.2) is 19.7 Å². The monoisotopic (exact) mass is 262 g/mol. The zero-order valence-electron chi connectivity index (χ0n) is 10.9. The van der Waals surface area contributed by atoms with Gasteiger partial charge < -0.3 is 0 Å². The van der Waals surface area contributed by atoms with Gasteiger partial charge in [-0.3, -0.25) is 4.68 Å². The average molecular weight is 262 g/mol. The largest absolute Gasteiger partial charge is 0.268 e. The van der Waals surface area contributed by atoms with Crippen molar-refractivity contribution in [2.24, 2.45) is 0 Å². The molecule has 0 fully saturated rings. The SMILES string of the molecule is C(=Cc1ccncn1)c1cnn(Cc2ccccc2)c1. The highest BCUT2D eigenvalue weighted by Gasteiger charge is 1.97. The average Bonchev–Trinajstić information content (AvgIpc) is 2.95. The molecule has 1 aromatic carbocycles. The topological polar surface area (TPSA) is 43.6 Å². The molecular formula is C16H14N4. The Hall–Kier alpha value is -2.75. The van der Waals surface area contributed by atoms with Crippen molar-refractivity contribution in [3.05, 3.63) is 78.1 Å². The Labute approximate surface area is 117 Å². The molecule has 0 aliphatic carbocycles. The van der Waals surface area contributed by atoms with E-state index in [1.54, 1.807) is 12.5 Å². The highest BCUT2D eigenvalue weighted by molar-refractivity contribution is 5.66. The first-order chi connectivity index (χ1) is 9.90. The summed E-state index contributed by atoms with van der Waals surface area (Å²) in [5, 5.41) is 4.36. The molecule has 98 valence electrons. The van der Waals surface area contributed by atoms with Gasteiger partial charge in [-0.2, -0.15) is 5.10 Å². The van der Waals surface area contributed by atoms with E-state index in [1.807, 2.05) is 53.5 Å². The van der Waals surface area contributed by atoms with Crippen LogP contribution in [-0.2, 0) is 6.54 Å². The fourth-order valence-corrected chi connectivity index (χ4v) is 1.90. The molecule has 0 atom stereocenters. The van der Waals surface area contributed by atoms with Gasteiger partial charge in [0.2, 0.25) is 0 Å². The lowest BCUT2D eigenvalue weighted by atomic mass is 10.2. The third kappa shape index (κ3) is 3.17. The highest BCUT2D eigenvalue weighted by atomic mass is 15.3. The lowest BCUT2D eigenvalue weighted by Gasteiger charge is -2.00. The first kappa shape index (κ1) is 12.3. The van der Waals surface area contributed by atoms with Crippen LogP contribution in [0, 0.1) is 0 Å². The molecule has 0 aliphatic rings. The quantitative estimate of drug-likeness (QED) is 0.726. The van der Waals surface area contributed by atoms with Crippen molar-refractivity contribution in [2.75, 3.05) is 0 Å². The van der Waals surface area contributed by atoms with Crippen LogP contribution >= 0.6 is 0 Å². The fraction of sp³-hybridized carbons (Fsp3) is 0.0625. The molecule has 4 nitrogen and oxygen atoms in total. The van der Waals surface area contributed by atoms with Gasteiger partial charge in [-0.1, -0.05) is 30.3 Å². The van der Waals surface area contributed by atoms with E-state index < -0.39 is 0 Å².